The molecule has 1 aromatic carbocycles. The van der Waals surface area contributed by atoms with Crippen molar-refractivity contribution in [3.05, 3.63) is 28.7 Å². The van der Waals surface area contributed by atoms with E-state index in [1.165, 1.54) is 0 Å². The van der Waals surface area contributed by atoms with Gasteiger partial charge >= 0.3 is 0 Å². The van der Waals surface area contributed by atoms with Gasteiger partial charge in [-0.05, 0) is 43.5 Å². The second-order valence-corrected chi connectivity index (χ2v) is 6.90. The highest BCUT2D eigenvalue weighted by molar-refractivity contribution is 9.10. The Morgan fingerprint density at radius 1 is 1.32 bits per heavy atom. The van der Waals surface area contributed by atoms with Crippen LogP contribution in [0.5, 0.6) is 0 Å². The van der Waals surface area contributed by atoms with Crippen molar-refractivity contribution in [3.8, 4) is 0 Å². The molecule has 0 bridgehead atoms. The molecule has 3 rings (SSSR count). The Morgan fingerprint density at radius 3 is 2.82 bits per heavy atom. The number of benzene rings is 1. The fourth-order valence-corrected chi connectivity index (χ4v) is 3.64. The van der Waals surface area contributed by atoms with Crippen molar-refractivity contribution in [2.45, 2.75) is 12.8 Å². The molecule has 0 unspecified atom stereocenters. The molecular formula is C16H20BrN3O2. The van der Waals surface area contributed by atoms with Crippen molar-refractivity contribution in [3.63, 3.8) is 0 Å². The predicted octanol–water partition coefficient (Wildman–Crippen LogP) is 1.61. The molecule has 0 aromatic heterocycles. The fourth-order valence-electron chi connectivity index (χ4n) is 3.26. The molecule has 1 aromatic rings. The lowest BCUT2D eigenvalue weighted by molar-refractivity contribution is -0.139. The maximum absolute atomic E-state index is 12.6. The van der Waals surface area contributed by atoms with Crippen molar-refractivity contribution >= 4 is 33.4 Å². The Bertz CT molecular complexity index is 593. The van der Waals surface area contributed by atoms with E-state index in [0.717, 1.165) is 23.1 Å². The summed E-state index contributed by atoms with van der Waals surface area (Å²) in [6, 6.07) is 7.62. The van der Waals surface area contributed by atoms with Crippen LogP contribution in [-0.4, -0.2) is 42.9 Å². The maximum Gasteiger partial charge on any atom is 0.239 e. The van der Waals surface area contributed by atoms with Gasteiger partial charge in [0.25, 0.3) is 0 Å². The van der Waals surface area contributed by atoms with E-state index in [1.54, 1.807) is 4.90 Å². The highest BCUT2D eigenvalue weighted by atomic mass is 79.9. The Kier molecular flexibility index (Phi) is 4.49. The molecule has 6 heteroatoms. The van der Waals surface area contributed by atoms with Gasteiger partial charge in [0.1, 0.15) is 5.92 Å². The van der Waals surface area contributed by atoms with Crippen LogP contribution in [0.3, 0.4) is 0 Å². The molecule has 0 radical (unpaired) electrons. The van der Waals surface area contributed by atoms with Crippen LogP contribution in [0.25, 0.3) is 0 Å². The summed E-state index contributed by atoms with van der Waals surface area (Å²) >= 11 is 3.42. The number of carbonyl (C=O) groups is 2. The van der Waals surface area contributed by atoms with Gasteiger partial charge < -0.3 is 15.5 Å². The number of likely N-dealkylation sites (tertiary alicyclic amines) is 1. The van der Waals surface area contributed by atoms with Crippen molar-refractivity contribution in [1.29, 1.82) is 0 Å². The third-order valence-electron chi connectivity index (χ3n) is 4.55. The average Bonchev–Trinajstić information content (AvgIpc) is 3.13. The van der Waals surface area contributed by atoms with Crippen LogP contribution < -0.4 is 10.6 Å². The molecule has 2 fully saturated rings. The van der Waals surface area contributed by atoms with Crippen LogP contribution in [0.4, 0.5) is 5.69 Å². The van der Waals surface area contributed by atoms with Crippen molar-refractivity contribution < 1.29 is 9.59 Å². The molecule has 2 aliphatic heterocycles. The van der Waals surface area contributed by atoms with Crippen LogP contribution in [-0.2, 0) is 9.59 Å². The summed E-state index contributed by atoms with van der Waals surface area (Å²) in [6.45, 7) is 2.61. The van der Waals surface area contributed by atoms with Gasteiger partial charge in [-0.15, -0.1) is 0 Å². The van der Waals surface area contributed by atoms with Gasteiger partial charge in [0, 0.05) is 29.8 Å². The van der Waals surface area contributed by atoms with Gasteiger partial charge in [-0.25, -0.2) is 0 Å². The van der Waals surface area contributed by atoms with Crippen LogP contribution in [0, 0.1) is 11.8 Å². The van der Waals surface area contributed by atoms with E-state index < -0.39 is 5.92 Å². The summed E-state index contributed by atoms with van der Waals surface area (Å²) in [5.41, 5.74) is 6.52. The number of carbonyl (C=O) groups excluding carboxylic acids is 2. The van der Waals surface area contributed by atoms with Crippen molar-refractivity contribution in [1.82, 2.24) is 4.90 Å². The molecule has 22 heavy (non-hydrogen) atoms. The maximum atomic E-state index is 12.6. The lowest BCUT2D eigenvalue weighted by Crippen LogP contribution is -2.39. The molecular weight excluding hydrogens is 346 g/mol. The van der Waals surface area contributed by atoms with Crippen molar-refractivity contribution in [2.75, 3.05) is 31.1 Å². The van der Waals surface area contributed by atoms with Gasteiger partial charge in [0.2, 0.25) is 11.8 Å². The van der Waals surface area contributed by atoms with E-state index in [9.17, 15) is 9.59 Å². The fraction of sp³-hybridized carbons (Fsp3) is 0.500. The van der Waals surface area contributed by atoms with E-state index in [1.807, 2.05) is 29.2 Å². The predicted molar refractivity (Wildman–Crippen MR) is 88.3 cm³/mol. The highest BCUT2D eigenvalue weighted by Crippen LogP contribution is 2.29. The van der Waals surface area contributed by atoms with Crippen LogP contribution in [0.15, 0.2) is 28.7 Å². The second kappa shape index (κ2) is 6.38. The molecule has 2 atom stereocenters. The molecule has 0 spiro atoms. The van der Waals surface area contributed by atoms with Crippen LogP contribution in [0.1, 0.15) is 12.8 Å². The van der Waals surface area contributed by atoms with E-state index in [2.05, 4.69) is 15.9 Å². The van der Waals surface area contributed by atoms with Gasteiger partial charge in [-0.2, -0.15) is 0 Å². The minimum atomic E-state index is -0.532. The number of nitrogens with zero attached hydrogens (tertiary/aromatic N) is 2. The lowest BCUT2D eigenvalue weighted by atomic mass is 10.1. The smallest absolute Gasteiger partial charge is 0.239 e. The number of hydrogen-bond donors (Lipinski definition) is 1. The largest absolute Gasteiger partial charge is 0.342 e. The summed E-state index contributed by atoms with van der Waals surface area (Å²) < 4.78 is 0.929. The Labute approximate surface area is 138 Å². The normalized spacial score (nSPS) is 25.1. The summed E-state index contributed by atoms with van der Waals surface area (Å²) in [5, 5.41) is 0. The number of halogens is 1. The number of hydrogen-bond acceptors (Lipinski definition) is 3. The first-order valence-electron chi connectivity index (χ1n) is 7.66. The zero-order valence-corrected chi connectivity index (χ0v) is 14.0. The van der Waals surface area contributed by atoms with Gasteiger partial charge in [-0.1, -0.05) is 22.0 Å². The number of amides is 2. The Morgan fingerprint density at radius 2 is 2.14 bits per heavy atom. The van der Waals surface area contributed by atoms with E-state index >= 15 is 0 Å². The van der Waals surface area contributed by atoms with E-state index in [4.69, 9.17) is 5.73 Å². The van der Waals surface area contributed by atoms with E-state index in [-0.39, 0.29) is 11.8 Å². The monoisotopic (exact) mass is 365 g/mol. The zero-order chi connectivity index (χ0) is 15.7. The molecule has 5 nitrogen and oxygen atoms in total. The first-order chi connectivity index (χ1) is 10.6. The molecule has 0 aliphatic carbocycles. The summed E-state index contributed by atoms with van der Waals surface area (Å²) in [4.78, 5) is 28.7. The van der Waals surface area contributed by atoms with Gasteiger partial charge in [-0.3, -0.25) is 9.59 Å². The number of anilines is 1. The average molecular weight is 366 g/mol. The molecule has 2 saturated heterocycles. The van der Waals surface area contributed by atoms with Crippen LogP contribution >= 0.6 is 15.9 Å². The SMILES string of the molecule is NC[C@H]1CCN(C(=O)[C@@H]2CCN(c3cccc(Br)c3)C2=O)C1. The number of nitrogens with two attached hydrogens (primary N) is 1. The number of rotatable bonds is 3. The van der Waals surface area contributed by atoms with Crippen molar-refractivity contribution in [2.24, 2.45) is 17.6 Å². The standard InChI is InChI=1S/C16H20BrN3O2/c17-12-2-1-3-13(8-12)20-7-5-14(16(20)22)15(21)19-6-4-11(9-18)10-19/h1-3,8,11,14H,4-7,9-10,18H2/t11-,14+/m1/s1. The third kappa shape index (κ3) is 2.90. The Hall–Kier alpha value is -1.40. The lowest BCUT2D eigenvalue weighted by Gasteiger charge is -2.21. The first-order valence-corrected chi connectivity index (χ1v) is 8.45. The Balaban J connectivity index is 1.70. The van der Waals surface area contributed by atoms with E-state index in [0.29, 0.717) is 32.0 Å². The highest BCUT2D eigenvalue weighted by Gasteiger charge is 2.41. The second-order valence-electron chi connectivity index (χ2n) is 5.99. The quantitative estimate of drug-likeness (QED) is 0.827. The van der Waals surface area contributed by atoms with Gasteiger partial charge in [0.05, 0.1) is 0 Å². The molecule has 0 saturated carbocycles. The minimum absolute atomic E-state index is 0.0292. The summed E-state index contributed by atoms with van der Waals surface area (Å²) in [6.07, 6.45) is 1.53. The summed E-state index contributed by atoms with van der Waals surface area (Å²) in [5.74, 6) is -0.269. The third-order valence-corrected chi connectivity index (χ3v) is 5.05. The topological polar surface area (TPSA) is 66.6 Å². The molecule has 2 aliphatic rings. The molecule has 2 heterocycles. The minimum Gasteiger partial charge on any atom is -0.342 e. The zero-order valence-electron chi connectivity index (χ0n) is 12.4. The molecule has 2 N–H and O–H groups in total. The van der Waals surface area contributed by atoms with Crippen LogP contribution in [0.2, 0.25) is 0 Å². The summed E-state index contributed by atoms with van der Waals surface area (Å²) in [7, 11) is 0. The first kappa shape index (κ1) is 15.5. The molecule has 2 amide bonds. The molecule has 118 valence electrons. The van der Waals surface area contributed by atoms with Gasteiger partial charge in [0.15, 0.2) is 0 Å².